The van der Waals surface area contributed by atoms with Gasteiger partial charge in [0, 0.05) is 36.0 Å². The number of pyridine rings is 1. The average Bonchev–Trinajstić information content (AvgIpc) is 2.64. The molecule has 0 N–H and O–H groups in total. The predicted octanol–water partition coefficient (Wildman–Crippen LogP) is 7.61. The van der Waals surface area contributed by atoms with E-state index in [0.29, 0.717) is 12.1 Å². The maximum absolute atomic E-state index is 14.7. The fourth-order valence-corrected chi connectivity index (χ4v) is 3.61. The molecular formula is C26H38F2N2. The maximum atomic E-state index is 14.7. The van der Waals surface area contributed by atoms with Crippen molar-refractivity contribution in [1.82, 2.24) is 9.88 Å². The van der Waals surface area contributed by atoms with Crippen LogP contribution in [-0.4, -0.2) is 22.5 Å². The van der Waals surface area contributed by atoms with Crippen LogP contribution in [0.25, 0.3) is 0 Å². The Morgan fingerprint density at radius 2 is 1.87 bits per heavy atom. The highest BCUT2D eigenvalue weighted by Crippen LogP contribution is 2.30. The van der Waals surface area contributed by atoms with E-state index in [1.54, 1.807) is 0 Å². The van der Waals surface area contributed by atoms with Crippen molar-refractivity contribution < 1.29 is 8.78 Å². The summed E-state index contributed by atoms with van der Waals surface area (Å²) in [5.41, 5.74) is 3.31. The molecule has 2 unspecified atom stereocenters. The second kappa shape index (κ2) is 10.7. The van der Waals surface area contributed by atoms with E-state index in [-0.39, 0.29) is 17.5 Å². The standard InChI is InChI=1S/C26H38F2N2/c1-11-18(5)13-23(17(3)4)21(8)30(12-2)20(7)14-19(6)25-24(27)15-22(16-29-25)26(9,10)28/h11,13,15-16,19-20H,1,8,12,14H2,2-7,9-10H3/b18-13-. The highest BCUT2D eigenvalue weighted by Gasteiger charge is 2.25. The van der Waals surface area contributed by atoms with Crippen LogP contribution >= 0.6 is 0 Å². The van der Waals surface area contributed by atoms with Crippen LogP contribution in [-0.2, 0) is 5.67 Å². The molecule has 4 heteroatoms. The van der Waals surface area contributed by atoms with Gasteiger partial charge in [-0.3, -0.25) is 4.98 Å². The number of hydrogen-bond donors (Lipinski definition) is 0. The second-order valence-corrected chi connectivity index (χ2v) is 8.79. The summed E-state index contributed by atoms with van der Waals surface area (Å²) in [6.45, 7) is 24.1. The molecule has 0 radical (unpaired) electrons. The summed E-state index contributed by atoms with van der Waals surface area (Å²) >= 11 is 0. The van der Waals surface area contributed by atoms with Crippen LogP contribution in [0, 0.1) is 5.82 Å². The largest absolute Gasteiger partial charge is 0.369 e. The van der Waals surface area contributed by atoms with Crippen molar-refractivity contribution in [2.75, 3.05) is 6.54 Å². The van der Waals surface area contributed by atoms with Gasteiger partial charge >= 0.3 is 0 Å². The van der Waals surface area contributed by atoms with Crippen LogP contribution in [0.15, 0.2) is 60.0 Å². The number of rotatable bonds is 10. The molecule has 0 saturated carbocycles. The molecule has 2 atom stereocenters. The van der Waals surface area contributed by atoms with Crippen molar-refractivity contribution in [3.05, 3.63) is 77.1 Å². The Balaban J connectivity index is 3.08. The summed E-state index contributed by atoms with van der Waals surface area (Å²) in [7, 11) is 0. The molecule has 2 nitrogen and oxygen atoms in total. The van der Waals surface area contributed by atoms with E-state index in [1.165, 1.54) is 31.7 Å². The summed E-state index contributed by atoms with van der Waals surface area (Å²) in [5.74, 6) is -0.562. The summed E-state index contributed by atoms with van der Waals surface area (Å²) in [5, 5.41) is 0. The van der Waals surface area contributed by atoms with Crippen molar-refractivity contribution in [2.24, 2.45) is 0 Å². The fraction of sp³-hybridized carbons (Fsp3) is 0.500. The molecule has 1 heterocycles. The van der Waals surface area contributed by atoms with Gasteiger partial charge in [-0.05, 0) is 66.5 Å². The Bertz CT molecular complexity index is 824. The number of aromatic nitrogens is 1. The minimum Gasteiger partial charge on any atom is -0.369 e. The fourth-order valence-electron chi connectivity index (χ4n) is 3.61. The zero-order valence-corrected chi connectivity index (χ0v) is 19.9. The van der Waals surface area contributed by atoms with Crippen LogP contribution in [0.2, 0.25) is 0 Å². The van der Waals surface area contributed by atoms with Gasteiger partial charge in [-0.25, -0.2) is 8.78 Å². The zero-order valence-electron chi connectivity index (χ0n) is 19.9. The Labute approximate surface area is 182 Å². The van der Waals surface area contributed by atoms with Crippen LogP contribution in [0.1, 0.15) is 79.0 Å². The monoisotopic (exact) mass is 416 g/mol. The Kier molecular flexibility index (Phi) is 9.20. The molecule has 0 aromatic carbocycles. The van der Waals surface area contributed by atoms with E-state index in [2.05, 4.69) is 56.8 Å². The van der Waals surface area contributed by atoms with E-state index in [9.17, 15) is 8.78 Å². The number of alkyl halides is 1. The van der Waals surface area contributed by atoms with Crippen molar-refractivity contribution in [1.29, 1.82) is 0 Å². The number of nitrogens with zero attached hydrogens (tertiary/aromatic N) is 2. The minimum atomic E-state index is -1.61. The molecule has 0 fully saturated rings. The second-order valence-electron chi connectivity index (χ2n) is 8.79. The lowest BCUT2D eigenvalue weighted by Crippen LogP contribution is -2.33. The molecule has 0 aliphatic carbocycles. The third-order valence-corrected chi connectivity index (χ3v) is 5.48. The molecule has 1 aromatic rings. The van der Waals surface area contributed by atoms with Crippen LogP contribution in [0.5, 0.6) is 0 Å². The first-order chi connectivity index (χ1) is 13.8. The lowest BCUT2D eigenvalue weighted by Gasteiger charge is -2.34. The summed E-state index contributed by atoms with van der Waals surface area (Å²) in [6.07, 6.45) is 6.08. The highest BCUT2D eigenvalue weighted by molar-refractivity contribution is 5.43. The Morgan fingerprint density at radius 3 is 2.30 bits per heavy atom. The highest BCUT2D eigenvalue weighted by atomic mass is 19.1. The van der Waals surface area contributed by atoms with Gasteiger partial charge in [0.2, 0.25) is 0 Å². The topological polar surface area (TPSA) is 16.1 Å². The SMILES string of the molecule is C=C/C(C)=C\C(C(=C)N(CC)C(C)CC(C)c1ncc(C(C)(C)F)cc1F)=C(C)C. The van der Waals surface area contributed by atoms with Gasteiger partial charge < -0.3 is 4.90 Å². The number of hydrogen-bond acceptors (Lipinski definition) is 2. The predicted molar refractivity (Wildman–Crippen MR) is 125 cm³/mol. The molecule has 0 spiro atoms. The normalized spacial score (nSPS) is 14.1. The van der Waals surface area contributed by atoms with Crippen molar-refractivity contribution in [2.45, 2.75) is 79.4 Å². The molecule has 0 aliphatic rings. The first-order valence-corrected chi connectivity index (χ1v) is 10.6. The number of likely N-dealkylation sites (N-methyl/N-ethyl adjacent to an activating group) is 1. The lowest BCUT2D eigenvalue weighted by molar-refractivity contribution is 0.219. The van der Waals surface area contributed by atoms with Crippen molar-refractivity contribution >= 4 is 0 Å². The van der Waals surface area contributed by atoms with Gasteiger partial charge in [-0.1, -0.05) is 43.4 Å². The number of halogens is 2. The first-order valence-electron chi connectivity index (χ1n) is 10.6. The molecule has 166 valence electrons. The molecule has 0 aliphatic heterocycles. The van der Waals surface area contributed by atoms with Gasteiger partial charge in [-0.2, -0.15) is 0 Å². The molecule has 1 aromatic heterocycles. The molecule has 1 rings (SSSR count). The third-order valence-electron chi connectivity index (χ3n) is 5.48. The van der Waals surface area contributed by atoms with E-state index in [0.717, 1.165) is 23.4 Å². The molecule has 30 heavy (non-hydrogen) atoms. The molecule has 0 saturated heterocycles. The minimum absolute atomic E-state index is 0.112. The smallest absolute Gasteiger partial charge is 0.145 e. The summed E-state index contributed by atoms with van der Waals surface area (Å²) in [4.78, 5) is 6.49. The van der Waals surface area contributed by atoms with E-state index >= 15 is 0 Å². The van der Waals surface area contributed by atoms with E-state index < -0.39 is 11.5 Å². The summed E-state index contributed by atoms with van der Waals surface area (Å²) < 4.78 is 28.8. The third kappa shape index (κ3) is 6.65. The first kappa shape index (κ1) is 25.8. The number of allylic oxidation sites excluding steroid dienone is 4. The average molecular weight is 417 g/mol. The van der Waals surface area contributed by atoms with Gasteiger partial charge in [0.25, 0.3) is 0 Å². The molecular weight excluding hydrogens is 378 g/mol. The van der Waals surface area contributed by atoms with Crippen LogP contribution in [0.3, 0.4) is 0 Å². The van der Waals surface area contributed by atoms with Crippen molar-refractivity contribution in [3.8, 4) is 0 Å². The molecule has 0 bridgehead atoms. The lowest BCUT2D eigenvalue weighted by atomic mass is 9.94. The Morgan fingerprint density at radius 1 is 1.27 bits per heavy atom. The van der Waals surface area contributed by atoms with E-state index in [4.69, 9.17) is 0 Å². The molecule has 0 amide bonds. The Hall–Kier alpha value is -2.23. The zero-order chi connectivity index (χ0) is 23.2. The quantitative estimate of drug-likeness (QED) is 0.365. The summed E-state index contributed by atoms with van der Waals surface area (Å²) in [6, 6.07) is 1.40. The van der Waals surface area contributed by atoms with Crippen LogP contribution in [0.4, 0.5) is 8.78 Å². The van der Waals surface area contributed by atoms with E-state index in [1.807, 2.05) is 19.9 Å². The maximum Gasteiger partial charge on any atom is 0.145 e. The van der Waals surface area contributed by atoms with Crippen LogP contribution < -0.4 is 0 Å². The van der Waals surface area contributed by atoms with Gasteiger partial charge in [0.15, 0.2) is 0 Å². The van der Waals surface area contributed by atoms with Gasteiger partial charge in [0.1, 0.15) is 11.5 Å². The van der Waals surface area contributed by atoms with Gasteiger partial charge in [-0.15, -0.1) is 0 Å². The van der Waals surface area contributed by atoms with Gasteiger partial charge in [0.05, 0.1) is 5.69 Å². The van der Waals surface area contributed by atoms with Crippen molar-refractivity contribution in [3.63, 3.8) is 0 Å².